The summed E-state index contributed by atoms with van der Waals surface area (Å²) in [6.07, 6.45) is 0. The summed E-state index contributed by atoms with van der Waals surface area (Å²) in [6, 6.07) is 12.5. The van der Waals surface area contributed by atoms with Gasteiger partial charge in [0.05, 0.1) is 12.1 Å². The summed E-state index contributed by atoms with van der Waals surface area (Å²) in [6.45, 7) is 1.79. The predicted octanol–water partition coefficient (Wildman–Crippen LogP) is 1.43. The van der Waals surface area contributed by atoms with Crippen LogP contribution in [0.4, 0.5) is 0 Å². The maximum atomic E-state index is 12.6. The number of amides is 1. The fraction of sp³-hybridized carbons (Fsp3) is 0.111. The minimum absolute atomic E-state index is 0.144. The largest absolute Gasteiger partial charge is 0.505 e. The van der Waals surface area contributed by atoms with Gasteiger partial charge in [-0.15, -0.1) is 0 Å². The molecule has 3 rings (SSSR count). The van der Waals surface area contributed by atoms with Gasteiger partial charge in [-0.25, -0.2) is 4.98 Å². The molecule has 7 nitrogen and oxygen atoms in total. The number of nitrogens with zero attached hydrogens (tertiary/aromatic N) is 3. The van der Waals surface area contributed by atoms with Crippen LogP contribution < -0.4 is 11.3 Å². The quantitative estimate of drug-likeness (QED) is 0.750. The van der Waals surface area contributed by atoms with Crippen molar-refractivity contribution >= 4 is 16.8 Å². The van der Waals surface area contributed by atoms with E-state index in [2.05, 4.69) is 4.98 Å². The zero-order valence-electron chi connectivity index (χ0n) is 13.4. The highest BCUT2D eigenvalue weighted by molar-refractivity contribution is 6.01. The van der Waals surface area contributed by atoms with E-state index in [-0.39, 0.29) is 28.7 Å². The van der Waals surface area contributed by atoms with E-state index < -0.39 is 17.4 Å². The molecule has 0 radical (unpaired) electrons. The summed E-state index contributed by atoms with van der Waals surface area (Å²) in [4.78, 5) is 28.0. The molecule has 3 N–H and O–H groups in total. The van der Waals surface area contributed by atoms with Crippen LogP contribution in [0.15, 0.2) is 41.2 Å². The van der Waals surface area contributed by atoms with Crippen LogP contribution in [0.25, 0.3) is 10.9 Å². The van der Waals surface area contributed by atoms with Crippen molar-refractivity contribution in [3.63, 3.8) is 0 Å². The van der Waals surface area contributed by atoms with E-state index in [0.717, 1.165) is 5.56 Å². The Kier molecular flexibility index (Phi) is 3.95. The van der Waals surface area contributed by atoms with Gasteiger partial charge < -0.3 is 15.4 Å². The molecule has 1 amide bonds. The van der Waals surface area contributed by atoms with Crippen molar-refractivity contribution in [2.24, 2.45) is 5.73 Å². The van der Waals surface area contributed by atoms with Crippen molar-refractivity contribution in [3.8, 4) is 11.8 Å². The van der Waals surface area contributed by atoms with Gasteiger partial charge in [-0.2, -0.15) is 5.26 Å². The van der Waals surface area contributed by atoms with Crippen molar-refractivity contribution in [2.75, 3.05) is 0 Å². The molecule has 7 heteroatoms. The number of aromatic hydroxyl groups is 1. The van der Waals surface area contributed by atoms with Crippen molar-refractivity contribution in [3.05, 3.63) is 69.3 Å². The Labute approximate surface area is 142 Å². The molecule has 0 unspecified atom stereocenters. The lowest BCUT2D eigenvalue weighted by Crippen LogP contribution is -2.25. The minimum Gasteiger partial charge on any atom is -0.505 e. The highest BCUT2D eigenvalue weighted by atomic mass is 16.3. The molecule has 0 bridgehead atoms. The van der Waals surface area contributed by atoms with Crippen molar-refractivity contribution in [1.82, 2.24) is 9.55 Å². The summed E-state index contributed by atoms with van der Waals surface area (Å²) in [5.41, 5.74) is 5.76. The molecule has 0 aliphatic heterocycles. The normalized spacial score (nSPS) is 10.6. The molecule has 1 aromatic carbocycles. The monoisotopic (exact) mass is 334 g/mol. The number of hydrogen-bond donors (Lipinski definition) is 2. The average molecular weight is 334 g/mol. The number of benzene rings is 1. The summed E-state index contributed by atoms with van der Waals surface area (Å²) >= 11 is 0. The van der Waals surface area contributed by atoms with Crippen molar-refractivity contribution in [2.45, 2.75) is 13.5 Å². The zero-order chi connectivity index (χ0) is 18.1. The number of hydrogen-bond acceptors (Lipinski definition) is 5. The molecule has 0 saturated carbocycles. The molecular formula is C18H14N4O3. The number of carbonyl (C=O) groups excluding carboxylic acids is 1. The third-order valence-corrected chi connectivity index (χ3v) is 3.92. The Balaban J connectivity index is 2.42. The molecular weight excluding hydrogens is 320 g/mol. The van der Waals surface area contributed by atoms with Gasteiger partial charge in [-0.05, 0) is 18.6 Å². The summed E-state index contributed by atoms with van der Waals surface area (Å²) in [7, 11) is 0. The molecule has 2 heterocycles. The fourth-order valence-corrected chi connectivity index (χ4v) is 2.75. The molecule has 0 saturated heterocycles. The molecule has 0 atom stereocenters. The number of fused-ring (bicyclic) bond motifs is 1. The molecule has 0 aliphatic carbocycles. The van der Waals surface area contributed by atoms with Crippen molar-refractivity contribution < 1.29 is 9.90 Å². The van der Waals surface area contributed by atoms with Crippen LogP contribution in [0.3, 0.4) is 0 Å². The zero-order valence-corrected chi connectivity index (χ0v) is 13.4. The SMILES string of the molecule is Cc1cc2c(O)c(C(N)=O)nc(C#N)c2n(Cc2ccccc2)c1=O. The Morgan fingerprint density at radius 2 is 2.04 bits per heavy atom. The molecule has 0 fully saturated rings. The van der Waals surface area contributed by atoms with Crippen LogP contribution in [0.2, 0.25) is 0 Å². The van der Waals surface area contributed by atoms with Crippen molar-refractivity contribution in [1.29, 1.82) is 5.26 Å². The second-order valence-corrected chi connectivity index (χ2v) is 5.60. The number of aryl methyl sites for hydroxylation is 1. The Hall–Kier alpha value is -3.66. The van der Waals surface area contributed by atoms with Gasteiger partial charge in [0, 0.05) is 10.9 Å². The second-order valence-electron chi connectivity index (χ2n) is 5.60. The molecule has 0 spiro atoms. The number of nitrogens with two attached hydrogens (primary N) is 1. The Bertz CT molecular complexity index is 1100. The van der Waals surface area contributed by atoms with E-state index >= 15 is 0 Å². The molecule has 3 aromatic rings. The van der Waals surface area contributed by atoms with E-state index in [0.29, 0.717) is 5.56 Å². The first-order valence-corrected chi connectivity index (χ1v) is 7.45. The maximum Gasteiger partial charge on any atom is 0.271 e. The van der Waals surface area contributed by atoms with Crippen LogP contribution in [0.5, 0.6) is 5.75 Å². The number of pyridine rings is 2. The molecule has 0 aliphatic rings. The lowest BCUT2D eigenvalue weighted by molar-refractivity contribution is 0.0993. The first-order chi connectivity index (χ1) is 11.9. The highest BCUT2D eigenvalue weighted by Gasteiger charge is 2.21. The van der Waals surface area contributed by atoms with Gasteiger partial charge in [0.1, 0.15) is 6.07 Å². The highest BCUT2D eigenvalue weighted by Crippen LogP contribution is 2.29. The second kappa shape index (κ2) is 6.09. The molecule has 124 valence electrons. The number of carbonyl (C=O) groups is 1. The summed E-state index contributed by atoms with van der Waals surface area (Å²) in [5, 5.41) is 20.0. The van der Waals surface area contributed by atoms with E-state index in [4.69, 9.17) is 5.73 Å². The first-order valence-electron chi connectivity index (χ1n) is 7.45. The Morgan fingerprint density at radius 1 is 1.36 bits per heavy atom. The van der Waals surface area contributed by atoms with Gasteiger partial charge in [-0.3, -0.25) is 9.59 Å². The predicted molar refractivity (Wildman–Crippen MR) is 91.2 cm³/mol. The number of nitriles is 1. The maximum absolute atomic E-state index is 12.6. The smallest absolute Gasteiger partial charge is 0.271 e. The van der Waals surface area contributed by atoms with E-state index in [1.165, 1.54) is 10.6 Å². The van der Waals surface area contributed by atoms with Gasteiger partial charge in [0.15, 0.2) is 17.1 Å². The summed E-state index contributed by atoms with van der Waals surface area (Å²) in [5.74, 6) is -1.39. The topological polar surface area (TPSA) is 122 Å². The average Bonchev–Trinajstić information content (AvgIpc) is 2.60. The number of primary amides is 1. The fourth-order valence-electron chi connectivity index (χ4n) is 2.75. The lowest BCUT2D eigenvalue weighted by atomic mass is 10.1. The van der Waals surface area contributed by atoms with Crippen LogP contribution in [0.1, 0.15) is 27.3 Å². The van der Waals surface area contributed by atoms with Gasteiger partial charge in [-0.1, -0.05) is 30.3 Å². The molecule has 2 aromatic heterocycles. The van der Waals surface area contributed by atoms with E-state index in [1.54, 1.807) is 6.92 Å². The number of aromatic nitrogens is 2. The number of rotatable bonds is 3. The first kappa shape index (κ1) is 16.2. The van der Waals surface area contributed by atoms with E-state index in [9.17, 15) is 20.0 Å². The van der Waals surface area contributed by atoms with Crippen LogP contribution in [-0.2, 0) is 6.54 Å². The Morgan fingerprint density at radius 3 is 2.64 bits per heavy atom. The third kappa shape index (κ3) is 2.70. The van der Waals surface area contributed by atoms with Crippen LogP contribution >= 0.6 is 0 Å². The van der Waals surface area contributed by atoms with Crippen LogP contribution in [-0.4, -0.2) is 20.6 Å². The van der Waals surface area contributed by atoms with Gasteiger partial charge in [0.2, 0.25) is 0 Å². The standard InChI is InChI=1S/C18H14N4O3/c1-10-7-12-15(13(8-19)21-14(16(12)23)17(20)24)22(18(10)25)9-11-5-3-2-4-6-11/h2-7,23H,9H2,1H3,(H2,20,24). The van der Waals surface area contributed by atoms with Crippen LogP contribution in [0, 0.1) is 18.3 Å². The van der Waals surface area contributed by atoms with Gasteiger partial charge >= 0.3 is 0 Å². The lowest BCUT2D eigenvalue weighted by Gasteiger charge is -2.14. The summed E-state index contributed by atoms with van der Waals surface area (Å²) < 4.78 is 1.37. The third-order valence-electron chi connectivity index (χ3n) is 3.92. The minimum atomic E-state index is -0.950. The molecule has 25 heavy (non-hydrogen) atoms. The van der Waals surface area contributed by atoms with E-state index in [1.807, 2.05) is 36.4 Å². The van der Waals surface area contributed by atoms with Gasteiger partial charge in [0.25, 0.3) is 11.5 Å².